The number of halogens is 5. The van der Waals surface area contributed by atoms with E-state index in [0.29, 0.717) is 21.2 Å². The number of nitrogens with two attached hydrogens (primary N) is 1. The van der Waals surface area contributed by atoms with E-state index in [-0.39, 0.29) is 17.9 Å². The Kier molecular flexibility index (Phi) is 4.66. The van der Waals surface area contributed by atoms with Gasteiger partial charge in [0.15, 0.2) is 0 Å². The van der Waals surface area contributed by atoms with Crippen molar-refractivity contribution in [3.63, 3.8) is 0 Å². The highest BCUT2D eigenvalue weighted by Crippen LogP contribution is 2.34. The van der Waals surface area contributed by atoms with Crippen LogP contribution >= 0.6 is 23.2 Å². The zero-order chi connectivity index (χ0) is 15.6. The Bertz CT molecular complexity index is 659. The van der Waals surface area contributed by atoms with Crippen molar-refractivity contribution in [2.24, 2.45) is 5.73 Å². The molecule has 0 aliphatic carbocycles. The summed E-state index contributed by atoms with van der Waals surface area (Å²) in [5.41, 5.74) is 6.99. The van der Waals surface area contributed by atoms with Crippen LogP contribution in [0.15, 0.2) is 36.4 Å². The lowest BCUT2D eigenvalue weighted by atomic mass is 10.0. The summed E-state index contributed by atoms with van der Waals surface area (Å²) in [5.74, 6) is -0.321. The lowest BCUT2D eigenvalue weighted by molar-refractivity contribution is -0.274. The van der Waals surface area contributed by atoms with Gasteiger partial charge in [-0.15, -0.1) is 13.2 Å². The summed E-state index contributed by atoms with van der Waals surface area (Å²) in [7, 11) is 0. The van der Waals surface area contributed by atoms with E-state index in [4.69, 9.17) is 28.9 Å². The number of alkyl halides is 3. The molecule has 0 atom stereocenters. The molecular formula is C14H10Cl2F3NO. The maximum absolute atomic E-state index is 12.3. The fourth-order valence-corrected chi connectivity index (χ4v) is 2.37. The highest BCUT2D eigenvalue weighted by Gasteiger charge is 2.32. The molecule has 0 bridgehead atoms. The fraction of sp³-hybridized carbons (Fsp3) is 0.143. The monoisotopic (exact) mass is 335 g/mol. The third kappa shape index (κ3) is 4.03. The van der Waals surface area contributed by atoms with E-state index in [1.807, 2.05) is 0 Å². The normalized spacial score (nSPS) is 11.5. The van der Waals surface area contributed by atoms with E-state index in [9.17, 15) is 13.2 Å². The molecule has 0 saturated carbocycles. The smallest absolute Gasteiger partial charge is 0.405 e. The van der Waals surface area contributed by atoms with Crippen LogP contribution in [0.5, 0.6) is 5.75 Å². The highest BCUT2D eigenvalue weighted by molar-refractivity contribution is 6.36. The number of ether oxygens (including phenoxy) is 1. The molecule has 0 fully saturated rings. The molecule has 0 unspecified atom stereocenters. The van der Waals surface area contributed by atoms with Crippen molar-refractivity contribution in [1.29, 1.82) is 0 Å². The third-order valence-electron chi connectivity index (χ3n) is 2.75. The molecule has 2 N–H and O–H groups in total. The van der Waals surface area contributed by atoms with Gasteiger partial charge in [0.05, 0.1) is 0 Å². The Morgan fingerprint density at radius 1 is 1.05 bits per heavy atom. The maximum atomic E-state index is 12.3. The quantitative estimate of drug-likeness (QED) is 0.854. The molecule has 0 spiro atoms. The Morgan fingerprint density at radius 2 is 1.76 bits per heavy atom. The second-order valence-electron chi connectivity index (χ2n) is 4.20. The molecule has 0 aliphatic rings. The Balaban J connectivity index is 2.43. The lowest BCUT2D eigenvalue weighted by Gasteiger charge is -2.14. The summed E-state index contributed by atoms with van der Waals surface area (Å²) in [6.45, 7) is -0.0928. The molecule has 0 radical (unpaired) electrons. The van der Waals surface area contributed by atoms with Crippen LogP contribution in [-0.2, 0) is 6.54 Å². The highest BCUT2D eigenvalue weighted by atomic mass is 35.5. The van der Waals surface area contributed by atoms with Gasteiger partial charge in [-0.05, 0) is 29.8 Å². The van der Waals surface area contributed by atoms with Crippen LogP contribution in [0.4, 0.5) is 13.2 Å². The minimum Gasteiger partial charge on any atom is -0.405 e. The third-order valence-corrected chi connectivity index (χ3v) is 3.30. The molecule has 21 heavy (non-hydrogen) atoms. The van der Waals surface area contributed by atoms with Crippen LogP contribution < -0.4 is 10.5 Å². The van der Waals surface area contributed by atoms with Crippen molar-refractivity contribution < 1.29 is 17.9 Å². The van der Waals surface area contributed by atoms with Gasteiger partial charge in [-0.2, -0.15) is 0 Å². The number of hydrogen-bond donors (Lipinski definition) is 1. The van der Waals surface area contributed by atoms with Gasteiger partial charge in [0, 0.05) is 27.7 Å². The summed E-state index contributed by atoms with van der Waals surface area (Å²) >= 11 is 11.9. The first kappa shape index (κ1) is 15.9. The van der Waals surface area contributed by atoms with E-state index in [2.05, 4.69) is 4.74 Å². The van der Waals surface area contributed by atoms with Crippen LogP contribution in [0.1, 0.15) is 5.56 Å². The van der Waals surface area contributed by atoms with Crippen LogP contribution in [0, 0.1) is 0 Å². The minimum absolute atomic E-state index is 0.0928. The van der Waals surface area contributed by atoms with Gasteiger partial charge in [0.25, 0.3) is 0 Å². The molecule has 2 aromatic rings. The predicted molar refractivity (Wildman–Crippen MR) is 76.5 cm³/mol. The van der Waals surface area contributed by atoms with Crippen molar-refractivity contribution >= 4 is 23.2 Å². The van der Waals surface area contributed by atoms with Crippen LogP contribution in [0.25, 0.3) is 11.1 Å². The summed E-state index contributed by atoms with van der Waals surface area (Å²) in [5, 5.41) is 0.870. The van der Waals surface area contributed by atoms with E-state index < -0.39 is 6.36 Å². The summed E-state index contributed by atoms with van der Waals surface area (Å²) < 4.78 is 40.8. The molecular weight excluding hydrogens is 326 g/mol. The van der Waals surface area contributed by atoms with Crippen LogP contribution in [-0.4, -0.2) is 6.36 Å². The van der Waals surface area contributed by atoms with Gasteiger partial charge in [-0.1, -0.05) is 35.3 Å². The van der Waals surface area contributed by atoms with E-state index >= 15 is 0 Å². The molecule has 2 nitrogen and oxygen atoms in total. The van der Waals surface area contributed by atoms with Crippen LogP contribution in [0.3, 0.4) is 0 Å². The molecule has 2 aromatic carbocycles. The molecule has 0 heterocycles. The second-order valence-corrected chi connectivity index (χ2v) is 5.04. The van der Waals surface area contributed by atoms with Crippen molar-refractivity contribution in [1.82, 2.24) is 0 Å². The lowest BCUT2D eigenvalue weighted by Crippen LogP contribution is -2.18. The average molecular weight is 336 g/mol. The number of hydrogen-bond acceptors (Lipinski definition) is 2. The topological polar surface area (TPSA) is 35.2 Å². The summed E-state index contributed by atoms with van der Waals surface area (Å²) in [4.78, 5) is 0. The molecule has 0 saturated heterocycles. The summed E-state index contributed by atoms with van der Waals surface area (Å²) in [6.07, 6.45) is -4.76. The summed E-state index contributed by atoms with van der Waals surface area (Å²) in [6, 6.07) is 9.10. The van der Waals surface area contributed by atoms with Crippen molar-refractivity contribution in [2.75, 3.05) is 0 Å². The van der Waals surface area contributed by atoms with Gasteiger partial charge in [0.2, 0.25) is 0 Å². The average Bonchev–Trinajstić information content (AvgIpc) is 2.38. The SMILES string of the molecule is NCc1cc(-c2ccc(Cl)cc2Cl)ccc1OC(F)(F)F. The van der Waals surface area contributed by atoms with Gasteiger partial charge in [-0.3, -0.25) is 0 Å². The Labute approximate surface area is 129 Å². The van der Waals surface area contributed by atoms with Gasteiger partial charge in [0.1, 0.15) is 5.75 Å². The number of rotatable bonds is 3. The first-order valence-electron chi connectivity index (χ1n) is 5.84. The standard InChI is InChI=1S/C14H10Cl2F3NO/c15-10-2-3-11(12(16)6-10)8-1-4-13(9(5-8)7-20)21-14(17,18)19/h1-6H,7,20H2. The van der Waals surface area contributed by atoms with Gasteiger partial charge in [-0.25, -0.2) is 0 Å². The zero-order valence-electron chi connectivity index (χ0n) is 10.5. The first-order chi connectivity index (χ1) is 9.80. The molecule has 0 amide bonds. The zero-order valence-corrected chi connectivity index (χ0v) is 12.1. The van der Waals surface area contributed by atoms with Gasteiger partial charge < -0.3 is 10.5 Å². The Morgan fingerprint density at radius 3 is 2.33 bits per heavy atom. The molecule has 2 rings (SSSR count). The second kappa shape index (κ2) is 6.13. The van der Waals surface area contributed by atoms with E-state index in [1.165, 1.54) is 18.2 Å². The van der Waals surface area contributed by atoms with E-state index in [0.717, 1.165) is 0 Å². The minimum atomic E-state index is -4.76. The fourth-order valence-electron chi connectivity index (χ4n) is 1.85. The van der Waals surface area contributed by atoms with E-state index in [1.54, 1.807) is 18.2 Å². The largest absolute Gasteiger partial charge is 0.573 e. The maximum Gasteiger partial charge on any atom is 0.573 e. The Hall–Kier alpha value is -1.43. The number of benzene rings is 2. The van der Waals surface area contributed by atoms with Crippen molar-refractivity contribution in [3.8, 4) is 16.9 Å². The van der Waals surface area contributed by atoms with Crippen LogP contribution in [0.2, 0.25) is 10.0 Å². The first-order valence-corrected chi connectivity index (χ1v) is 6.60. The van der Waals surface area contributed by atoms with Crippen molar-refractivity contribution in [2.45, 2.75) is 12.9 Å². The van der Waals surface area contributed by atoms with Crippen molar-refractivity contribution in [3.05, 3.63) is 52.0 Å². The molecule has 7 heteroatoms. The molecule has 0 aliphatic heterocycles. The van der Waals surface area contributed by atoms with Gasteiger partial charge >= 0.3 is 6.36 Å². The molecule has 0 aromatic heterocycles. The predicted octanol–water partition coefficient (Wildman–Crippen LogP) is 5.02. The molecule has 112 valence electrons.